The van der Waals surface area contributed by atoms with Crippen LogP contribution in [0.15, 0.2) is 9.59 Å². The molecule has 0 amide bonds. The van der Waals surface area contributed by atoms with E-state index in [9.17, 15) is 9.59 Å². The minimum absolute atomic E-state index is 0.328. The molecule has 1 unspecified atom stereocenters. The van der Waals surface area contributed by atoms with Crippen molar-refractivity contribution in [2.45, 2.75) is 5.62 Å². The number of alkyl halides is 1. The summed E-state index contributed by atoms with van der Waals surface area (Å²) in [6.07, 6.45) is 0. The van der Waals surface area contributed by atoms with Gasteiger partial charge >= 0.3 is 5.69 Å². The van der Waals surface area contributed by atoms with Gasteiger partial charge in [0.2, 0.25) is 0 Å². The van der Waals surface area contributed by atoms with E-state index >= 15 is 0 Å². The average molecular weight is 217 g/mol. The lowest BCUT2D eigenvalue weighted by molar-refractivity contribution is 0.698. The van der Waals surface area contributed by atoms with Crippen LogP contribution in [0.1, 0.15) is 0 Å². The topological polar surface area (TPSA) is 68.1 Å². The number of hydrogen-bond acceptors (Lipinski definition) is 4. The van der Waals surface area contributed by atoms with Gasteiger partial charge in [0.25, 0.3) is 5.56 Å². The zero-order valence-electron chi connectivity index (χ0n) is 7.67. The van der Waals surface area contributed by atoms with Crippen molar-refractivity contribution in [3.05, 3.63) is 20.8 Å². The van der Waals surface area contributed by atoms with Crippen LogP contribution in [0.2, 0.25) is 0 Å². The van der Waals surface area contributed by atoms with Gasteiger partial charge in [-0.05, 0) is 0 Å². The Morgan fingerprint density at radius 3 is 2.50 bits per heavy atom. The quantitative estimate of drug-likeness (QED) is 0.451. The SMILES string of the molecule is Cn1c2c(c(=O)n(C)c1=O)NC(Cl)N2. The van der Waals surface area contributed by atoms with Crippen molar-refractivity contribution >= 4 is 23.1 Å². The second kappa shape index (κ2) is 2.78. The molecule has 0 aliphatic carbocycles. The zero-order valence-corrected chi connectivity index (χ0v) is 8.42. The smallest absolute Gasteiger partial charge is 0.332 e. The normalized spacial score (nSPS) is 18.6. The minimum atomic E-state index is -0.550. The van der Waals surface area contributed by atoms with Gasteiger partial charge in [-0.15, -0.1) is 0 Å². The fourth-order valence-electron chi connectivity index (χ4n) is 1.43. The lowest BCUT2D eigenvalue weighted by Crippen LogP contribution is -2.37. The molecule has 0 spiro atoms. The van der Waals surface area contributed by atoms with Gasteiger partial charge in [-0.25, -0.2) is 4.79 Å². The molecule has 0 fully saturated rings. The standard InChI is InChI=1S/C7H9ClN4O2/c1-11-4-3(9-6(8)10-4)5(13)12(2)7(11)14/h6,9-10H,1-2H3. The number of nitrogens with zero attached hydrogens (tertiary/aromatic N) is 2. The Balaban J connectivity index is 2.84. The van der Waals surface area contributed by atoms with Crippen LogP contribution >= 0.6 is 11.6 Å². The first-order valence-corrected chi connectivity index (χ1v) is 4.43. The molecule has 1 aliphatic rings. The minimum Gasteiger partial charge on any atom is -0.345 e. The van der Waals surface area contributed by atoms with Gasteiger partial charge in [0.05, 0.1) is 0 Å². The molecule has 1 aromatic heterocycles. The Morgan fingerprint density at radius 1 is 1.21 bits per heavy atom. The van der Waals surface area contributed by atoms with Crippen molar-refractivity contribution in [3.63, 3.8) is 0 Å². The maximum absolute atomic E-state index is 11.6. The lowest BCUT2D eigenvalue weighted by atomic mass is 10.4. The van der Waals surface area contributed by atoms with E-state index in [1.807, 2.05) is 0 Å². The van der Waals surface area contributed by atoms with Crippen LogP contribution in [0, 0.1) is 0 Å². The second-order valence-corrected chi connectivity index (χ2v) is 3.52. The molecule has 6 nitrogen and oxygen atoms in total. The number of rotatable bonds is 0. The Labute approximate surface area is 84.1 Å². The molecule has 76 valence electrons. The maximum atomic E-state index is 11.6. The first-order chi connectivity index (χ1) is 6.52. The molecule has 0 aromatic carbocycles. The van der Waals surface area contributed by atoms with Crippen LogP contribution in [0.25, 0.3) is 0 Å². The van der Waals surface area contributed by atoms with Crippen LogP contribution in [0.5, 0.6) is 0 Å². The van der Waals surface area contributed by atoms with E-state index in [4.69, 9.17) is 11.6 Å². The van der Waals surface area contributed by atoms with Crippen molar-refractivity contribution in [2.24, 2.45) is 14.1 Å². The fraction of sp³-hybridized carbons (Fsp3) is 0.429. The number of aromatic nitrogens is 2. The van der Waals surface area contributed by atoms with Gasteiger partial charge in [0.15, 0.2) is 5.62 Å². The van der Waals surface area contributed by atoms with Crippen molar-refractivity contribution in [1.82, 2.24) is 9.13 Å². The Hall–Kier alpha value is -1.43. The summed E-state index contributed by atoms with van der Waals surface area (Å²) in [5.74, 6) is 0.429. The Kier molecular flexibility index (Phi) is 1.81. The summed E-state index contributed by atoms with van der Waals surface area (Å²) in [6.45, 7) is 0. The van der Waals surface area contributed by atoms with E-state index in [-0.39, 0.29) is 11.2 Å². The van der Waals surface area contributed by atoms with E-state index < -0.39 is 5.62 Å². The molecule has 1 aromatic rings. The highest BCUT2D eigenvalue weighted by molar-refractivity contribution is 6.23. The Morgan fingerprint density at radius 2 is 1.86 bits per heavy atom. The second-order valence-electron chi connectivity index (χ2n) is 3.08. The van der Waals surface area contributed by atoms with Crippen molar-refractivity contribution in [2.75, 3.05) is 10.6 Å². The van der Waals surface area contributed by atoms with Crippen LogP contribution in [0.3, 0.4) is 0 Å². The summed E-state index contributed by atoms with van der Waals surface area (Å²) in [6, 6.07) is 0. The summed E-state index contributed by atoms with van der Waals surface area (Å²) in [5.41, 5.74) is -0.979. The number of halogens is 1. The van der Waals surface area contributed by atoms with Gasteiger partial charge < -0.3 is 10.6 Å². The summed E-state index contributed by atoms with van der Waals surface area (Å²) < 4.78 is 2.37. The number of hydrogen-bond donors (Lipinski definition) is 2. The highest BCUT2D eigenvalue weighted by Gasteiger charge is 2.24. The molecule has 0 radical (unpaired) electrons. The summed E-state index contributed by atoms with van der Waals surface area (Å²) in [7, 11) is 3.00. The van der Waals surface area contributed by atoms with Crippen LogP contribution in [-0.4, -0.2) is 14.8 Å². The van der Waals surface area contributed by atoms with Gasteiger partial charge in [0.1, 0.15) is 11.5 Å². The van der Waals surface area contributed by atoms with Gasteiger partial charge in [-0.3, -0.25) is 13.9 Å². The van der Waals surface area contributed by atoms with Crippen LogP contribution in [-0.2, 0) is 14.1 Å². The highest BCUT2D eigenvalue weighted by atomic mass is 35.5. The predicted octanol–water partition coefficient (Wildman–Crippen LogP) is -0.556. The molecule has 2 rings (SSSR count). The Bertz CT molecular complexity index is 504. The molecule has 1 atom stereocenters. The molecular weight excluding hydrogens is 208 g/mol. The third-order valence-corrected chi connectivity index (χ3v) is 2.42. The third-order valence-electron chi connectivity index (χ3n) is 2.20. The van der Waals surface area contributed by atoms with Crippen molar-refractivity contribution in [3.8, 4) is 0 Å². The maximum Gasteiger partial charge on any atom is 0.332 e. The molecule has 7 heteroatoms. The van der Waals surface area contributed by atoms with E-state index in [0.717, 1.165) is 4.57 Å². The predicted molar refractivity (Wildman–Crippen MR) is 53.8 cm³/mol. The molecule has 2 N–H and O–H groups in total. The molecule has 14 heavy (non-hydrogen) atoms. The monoisotopic (exact) mass is 216 g/mol. The fourth-order valence-corrected chi connectivity index (χ4v) is 1.64. The lowest BCUT2D eigenvalue weighted by Gasteiger charge is -2.06. The zero-order chi connectivity index (χ0) is 10.5. The molecule has 0 saturated carbocycles. The molecule has 0 saturated heterocycles. The summed E-state index contributed by atoms with van der Waals surface area (Å²) >= 11 is 5.74. The summed E-state index contributed by atoms with van der Waals surface area (Å²) in [5, 5.41) is 5.51. The van der Waals surface area contributed by atoms with Crippen molar-refractivity contribution in [1.29, 1.82) is 0 Å². The number of anilines is 2. The van der Waals surface area contributed by atoms with Crippen molar-refractivity contribution < 1.29 is 0 Å². The summed E-state index contributed by atoms with van der Waals surface area (Å²) in [4.78, 5) is 23.0. The molecule has 0 bridgehead atoms. The largest absolute Gasteiger partial charge is 0.345 e. The molecular formula is C7H9ClN4O2. The van der Waals surface area contributed by atoms with Gasteiger partial charge in [-0.2, -0.15) is 0 Å². The third kappa shape index (κ3) is 1.04. The van der Waals surface area contributed by atoms with Crippen LogP contribution < -0.4 is 21.9 Å². The number of fused-ring (bicyclic) bond motifs is 1. The first-order valence-electron chi connectivity index (χ1n) is 3.99. The molecule has 1 aliphatic heterocycles. The number of nitrogens with one attached hydrogen (secondary N) is 2. The van der Waals surface area contributed by atoms with Crippen LogP contribution in [0.4, 0.5) is 11.5 Å². The van der Waals surface area contributed by atoms with Gasteiger partial charge in [-0.1, -0.05) is 11.6 Å². The van der Waals surface area contributed by atoms with E-state index in [2.05, 4.69) is 10.6 Å². The van der Waals surface area contributed by atoms with E-state index in [1.54, 1.807) is 7.05 Å². The molecule has 2 heterocycles. The average Bonchev–Trinajstić information content (AvgIpc) is 2.54. The van der Waals surface area contributed by atoms with Gasteiger partial charge in [0, 0.05) is 14.1 Å². The van der Waals surface area contributed by atoms with E-state index in [0.29, 0.717) is 11.5 Å². The highest BCUT2D eigenvalue weighted by Crippen LogP contribution is 2.23. The first kappa shape index (κ1) is 9.14. The van der Waals surface area contributed by atoms with E-state index in [1.165, 1.54) is 11.6 Å².